The van der Waals surface area contributed by atoms with Crippen molar-refractivity contribution in [2.24, 2.45) is 5.92 Å². The molecule has 1 rings (SSSR count). The fourth-order valence-electron chi connectivity index (χ4n) is 2.24. The van der Waals surface area contributed by atoms with Crippen molar-refractivity contribution in [1.82, 2.24) is 0 Å². The van der Waals surface area contributed by atoms with Crippen molar-refractivity contribution in [2.45, 2.75) is 44.7 Å². The molecule has 0 aromatic rings. The zero-order valence-corrected chi connectivity index (χ0v) is 11.8. The maximum absolute atomic E-state index is 12.3. The molecule has 5 atom stereocenters. The molecule has 5 unspecified atom stereocenters. The van der Waals surface area contributed by atoms with Gasteiger partial charge in [-0.05, 0) is 6.42 Å². The van der Waals surface area contributed by atoms with Gasteiger partial charge >= 0.3 is 0 Å². The molecule has 0 amide bonds. The van der Waals surface area contributed by atoms with E-state index in [-0.39, 0.29) is 23.9 Å². The Labute approximate surface area is 109 Å². The molecule has 0 aromatic carbocycles. The molecule has 18 heavy (non-hydrogen) atoms. The van der Waals surface area contributed by atoms with Gasteiger partial charge in [-0.3, -0.25) is 4.79 Å². The third-order valence-corrected chi connectivity index (χ3v) is 3.65. The lowest BCUT2D eigenvalue weighted by Crippen LogP contribution is -2.58. The molecule has 0 saturated carbocycles. The number of carbonyl (C=O) groups is 1. The average Bonchev–Trinajstić information content (AvgIpc) is 2.43. The van der Waals surface area contributed by atoms with Crippen molar-refractivity contribution in [3.8, 4) is 0 Å². The normalized spacial score (nSPS) is 34.3. The van der Waals surface area contributed by atoms with Crippen LogP contribution in [0.2, 0.25) is 0 Å². The molecule has 0 aliphatic carbocycles. The van der Waals surface area contributed by atoms with Gasteiger partial charge in [0.1, 0.15) is 24.4 Å². The third kappa shape index (κ3) is 3.09. The zero-order valence-electron chi connectivity index (χ0n) is 11.8. The molecule has 0 N–H and O–H groups in total. The van der Waals surface area contributed by atoms with Gasteiger partial charge in [0.15, 0.2) is 5.78 Å². The lowest BCUT2D eigenvalue weighted by Gasteiger charge is -2.40. The maximum Gasteiger partial charge on any atom is 0.167 e. The summed E-state index contributed by atoms with van der Waals surface area (Å²) >= 11 is 0. The number of ether oxygens (including phenoxy) is 4. The van der Waals surface area contributed by atoms with Crippen molar-refractivity contribution >= 4 is 5.78 Å². The highest BCUT2D eigenvalue weighted by Gasteiger charge is 2.45. The van der Waals surface area contributed by atoms with Gasteiger partial charge in [0.05, 0.1) is 6.61 Å². The Balaban J connectivity index is 2.84. The fraction of sp³-hybridized carbons (Fsp3) is 0.923. The number of hydrogen-bond donors (Lipinski definition) is 0. The van der Waals surface area contributed by atoms with Crippen molar-refractivity contribution in [2.75, 3.05) is 27.9 Å². The summed E-state index contributed by atoms with van der Waals surface area (Å²) in [5, 5.41) is 0. The quantitative estimate of drug-likeness (QED) is 0.714. The van der Waals surface area contributed by atoms with Crippen LogP contribution in [-0.2, 0) is 23.7 Å². The van der Waals surface area contributed by atoms with Gasteiger partial charge in [-0.2, -0.15) is 0 Å². The van der Waals surface area contributed by atoms with E-state index in [9.17, 15) is 4.79 Å². The van der Waals surface area contributed by atoms with E-state index in [2.05, 4.69) is 0 Å². The summed E-state index contributed by atoms with van der Waals surface area (Å²) in [4.78, 5) is 12.3. The number of methoxy groups -OCH3 is 3. The minimum absolute atomic E-state index is 0.0377. The Kier molecular flexibility index (Phi) is 6.21. The van der Waals surface area contributed by atoms with Crippen LogP contribution in [0.5, 0.6) is 0 Å². The monoisotopic (exact) mass is 260 g/mol. The standard InChI is InChI=1S/C13H24O5/c1-6-8(2)10(14)12-13(17-5)11(16-4)9(15-3)7-18-12/h8-9,11-13H,6-7H2,1-5H3. The second-order valence-electron chi connectivity index (χ2n) is 4.64. The molecule has 1 aliphatic rings. The van der Waals surface area contributed by atoms with Crippen LogP contribution in [0.1, 0.15) is 20.3 Å². The number of rotatable bonds is 6. The van der Waals surface area contributed by atoms with Crippen LogP contribution in [-0.4, -0.2) is 58.1 Å². The number of ketones is 1. The third-order valence-electron chi connectivity index (χ3n) is 3.65. The van der Waals surface area contributed by atoms with Crippen LogP contribution < -0.4 is 0 Å². The van der Waals surface area contributed by atoms with Gasteiger partial charge in [0.2, 0.25) is 0 Å². The maximum atomic E-state index is 12.3. The molecule has 0 bridgehead atoms. The molecule has 1 heterocycles. The molecule has 0 spiro atoms. The zero-order chi connectivity index (χ0) is 13.7. The van der Waals surface area contributed by atoms with Crippen LogP contribution in [0.4, 0.5) is 0 Å². The van der Waals surface area contributed by atoms with Gasteiger partial charge in [-0.15, -0.1) is 0 Å². The summed E-state index contributed by atoms with van der Waals surface area (Å²) in [6, 6.07) is 0. The van der Waals surface area contributed by atoms with Crippen molar-refractivity contribution in [1.29, 1.82) is 0 Å². The van der Waals surface area contributed by atoms with Crippen LogP contribution >= 0.6 is 0 Å². The molecule has 5 nitrogen and oxygen atoms in total. The molecule has 1 fully saturated rings. The largest absolute Gasteiger partial charge is 0.376 e. The first-order chi connectivity index (χ1) is 8.60. The van der Waals surface area contributed by atoms with E-state index in [1.54, 1.807) is 21.3 Å². The first-order valence-electron chi connectivity index (χ1n) is 6.34. The first-order valence-corrected chi connectivity index (χ1v) is 6.34. The number of hydrogen-bond acceptors (Lipinski definition) is 5. The van der Waals surface area contributed by atoms with Gasteiger partial charge in [-0.25, -0.2) is 0 Å². The van der Waals surface area contributed by atoms with Gasteiger partial charge in [-0.1, -0.05) is 13.8 Å². The van der Waals surface area contributed by atoms with Crippen LogP contribution in [0.25, 0.3) is 0 Å². The van der Waals surface area contributed by atoms with Crippen LogP contribution in [0.15, 0.2) is 0 Å². The van der Waals surface area contributed by atoms with Crippen molar-refractivity contribution in [3.63, 3.8) is 0 Å². The Hall–Kier alpha value is -0.490. The Morgan fingerprint density at radius 2 is 1.83 bits per heavy atom. The van der Waals surface area contributed by atoms with E-state index in [1.807, 2.05) is 13.8 Å². The summed E-state index contributed by atoms with van der Waals surface area (Å²) in [5.41, 5.74) is 0. The molecule has 106 valence electrons. The summed E-state index contributed by atoms with van der Waals surface area (Å²) in [6.07, 6.45) is -0.690. The molecule has 1 saturated heterocycles. The van der Waals surface area contributed by atoms with Crippen LogP contribution in [0.3, 0.4) is 0 Å². The Morgan fingerprint density at radius 1 is 1.22 bits per heavy atom. The highest BCUT2D eigenvalue weighted by Crippen LogP contribution is 2.25. The highest BCUT2D eigenvalue weighted by atomic mass is 16.6. The summed E-state index contributed by atoms with van der Waals surface area (Å²) in [7, 11) is 4.76. The molecule has 0 aromatic heterocycles. The van der Waals surface area contributed by atoms with Gasteiger partial charge in [0, 0.05) is 27.2 Å². The molecular formula is C13H24O5. The minimum atomic E-state index is -0.568. The van der Waals surface area contributed by atoms with E-state index in [0.717, 1.165) is 6.42 Å². The summed E-state index contributed by atoms with van der Waals surface area (Å²) < 4.78 is 21.7. The fourth-order valence-corrected chi connectivity index (χ4v) is 2.24. The molecular weight excluding hydrogens is 236 g/mol. The van der Waals surface area contributed by atoms with Crippen molar-refractivity contribution < 1.29 is 23.7 Å². The highest BCUT2D eigenvalue weighted by molar-refractivity contribution is 5.86. The van der Waals surface area contributed by atoms with E-state index in [1.165, 1.54) is 0 Å². The molecule has 5 heteroatoms. The lowest BCUT2D eigenvalue weighted by atomic mass is 9.90. The van der Waals surface area contributed by atoms with E-state index < -0.39 is 12.2 Å². The second kappa shape index (κ2) is 7.19. The predicted octanol–water partition coefficient (Wildman–Crippen LogP) is 1.05. The van der Waals surface area contributed by atoms with E-state index in [0.29, 0.717) is 6.61 Å². The molecule has 0 radical (unpaired) electrons. The van der Waals surface area contributed by atoms with Gasteiger partial charge < -0.3 is 18.9 Å². The average molecular weight is 260 g/mol. The molecule has 1 aliphatic heterocycles. The van der Waals surface area contributed by atoms with Gasteiger partial charge in [0.25, 0.3) is 0 Å². The predicted molar refractivity (Wildman–Crippen MR) is 66.6 cm³/mol. The van der Waals surface area contributed by atoms with E-state index in [4.69, 9.17) is 18.9 Å². The second-order valence-corrected chi connectivity index (χ2v) is 4.64. The Morgan fingerprint density at radius 3 is 2.28 bits per heavy atom. The number of Topliss-reactive ketones (excluding diaryl/α,β-unsaturated/α-hetero) is 1. The topological polar surface area (TPSA) is 54.0 Å². The summed E-state index contributed by atoms with van der Waals surface area (Å²) in [5.74, 6) is 0.0326. The smallest absolute Gasteiger partial charge is 0.167 e. The lowest BCUT2D eigenvalue weighted by molar-refractivity contribution is -0.212. The van der Waals surface area contributed by atoms with Crippen LogP contribution in [0, 0.1) is 5.92 Å². The van der Waals surface area contributed by atoms with Crippen molar-refractivity contribution in [3.05, 3.63) is 0 Å². The summed E-state index contributed by atoms with van der Waals surface area (Å²) in [6.45, 7) is 4.24. The minimum Gasteiger partial charge on any atom is -0.376 e. The number of carbonyl (C=O) groups excluding carboxylic acids is 1. The SMILES string of the molecule is CCC(C)C(=O)C1OCC(OC)C(OC)C1OC. The Bertz CT molecular complexity index is 268. The van der Waals surface area contributed by atoms with E-state index >= 15 is 0 Å². The first kappa shape index (κ1) is 15.6.